The number of hydrogen-bond donors (Lipinski definition) is 1. The van der Waals surface area contributed by atoms with Crippen molar-refractivity contribution >= 4 is 5.91 Å². The number of amides is 1. The van der Waals surface area contributed by atoms with Crippen molar-refractivity contribution in [1.82, 2.24) is 10.2 Å². The summed E-state index contributed by atoms with van der Waals surface area (Å²) in [5.41, 5.74) is 0.0858. The molecule has 0 aromatic carbocycles. The minimum atomic E-state index is 0.0858. The summed E-state index contributed by atoms with van der Waals surface area (Å²) in [6, 6.07) is 0.308. The van der Waals surface area contributed by atoms with Gasteiger partial charge in [-0.2, -0.15) is 0 Å². The Morgan fingerprint density at radius 3 is 2.12 bits per heavy atom. The first-order valence-corrected chi connectivity index (χ1v) is 6.16. The largest absolute Gasteiger partial charge is 0.343 e. The smallest absolute Gasteiger partial charge is 0.223 e. The van der Waals surface area contributed by atoms with Crippen molar-refractivity contribution in [3.05, 3.63) is 0 Å². The molecule has 3 nitrogen and oxygen atoms in total. The number of carbonyl (C=O) groups excluding carboxylic acids is 1. The summed E-state index contributed by atoms with van der Waals surface area (Å²) in [6.07, 6.45) is 0.574. The van der Waals surface area contributed by atoms with Crippen molar-refractivity contribution in [3.63, 3.8) is 0 Å². The van der Waals surface area contributed by atoms with E-state index in [1.807, 2.05) is 11.9 Å². The van der Waals surface area contributed by atoms with Crippen LogP contribution in [0.2, 0.25) is 0 Å². The van der Waals surface area contributed by atoms with Crippen LogP contribution >= 0.6 is 0 Å². The van der Waals surface area contributed by atoms with Gasteiger partial charge in [0.1, 0.15) is 0 Å². The lowest BCUT2D eigenvalue weighted by Crippen LogP contribution is -2.42. The number of carbonyl (C=O) groups is 1. The Morgan fingerprint density at radius 1 is 1.25 bits per heavy atom. The predicted octanol–water partition coefficient (Wildman–Crippen LogP) is 2.27. The van der Waals surface area contributed by atoms with E-state index in [1.54, 1.807) is 0 Å². The van der Waals surface area contributed by atoms with Crippen molar-refractivity contribution in [1.29, 1.82) is 0 Å². The van der Waals surface area contributed by atoms with E-state index in [-0.39, 0.29) is 11.4 Å². The van der Waals surface area contributed by atoms with Gasteiger partial charge >= 0.3 is 0 Å². The second kappa shape index (κ2) is 6.24. The number of rotatable bonds is 5. The van der Waals surface area contributed by atoms with Crippen molar-refractivity contribution in [3.8, 4) is 0 Å². The van der Waals surface area contributed by atoms with Gasteiger partial charge in [0.2, 0.25) is 5.91 Å². The molecule has 1 atom stereocenters. The molecule has 0 spiro atoms. The van der Waals surface area contributed by atoms with Crippen LogP contribution in [0.5, 0.6) is 0 Å². The van der Waals surface area contributed by atoms with E-state index in [9.17, 15) is 4.79 Å². The third kappa shape index (κ3) is 6.11. The summed E-state index contributed by atoms with van der Waals surface area (Å²) in [5.74, 6) is 0.725. The highest BCUT2D eigenvalue weighted by molar-refractivity contribution is 5.76. The number of nitrogens with zero attached hydrogens (tertiary/aromatic N) is 1. The molecular formula is C13H28N2O. The van der Waals surface area contributed by atoms with Gasteiger partial charge in [-0.1, -0.05) is 13.8 Å². The molecular weight excluding hydrogens is 200 g/mol. The molecule has 0 saturated heterocycles. The molecule has 0 fully saturated rings. The molecule has 1 unspecified atom stereocenters. The van der Waals surface area contributed by atoms with Crippen LogP contribution < -0.4 is 5.32 Å². The van der Waals surface area contributed by atoms with Crippen molar-refractivity contribution in [2.24, 2.45) is 5.92 Å². The fraction of sp³-hybridized carbons (Fsp3) is 0.923. The molecule has 0 aliphatic carbocycles. The molecule has 0 aliphatic heterocycles. The summed E-state index contributed by atoms with van der Waals surface area (Å²) in [5, 5.41) is 3.33. The van der Waals surface area contributed by atoms with Crippen molar-refractivity contribution in [2.45, 2.75) is 59.5 Å². The zero-order valence-electron chi connectivity index (χ0n) is 11.9. The molecule has 0 rings (SSSR count). The lowest BCUT2D eigenvalue weighted by molar-refractivity contribution is -0.132. The van der Waals surface area contributed by atoms with Crippen molar-refractivity contribution < 1.29 is 4.79 Å². The molecule has 1 N–H and O–H groups in total. The molecule has 0 radical (unpaired) electrons. The van der Waals surface area contributed by atoms with Gasteiger partial charge in [-0.05, 0) is 33.6 Å². The maximum atomic E-state index is 11.9. The second-order valence-electron chi connectivity index (χ2n) is 5.92. The summed E-state index contributed by atoms with van der Waals surface area (Å²) < 4.78 is 0. The first-order valence-electron chi connectivity index (χ1n) is 6.16. The zero-order valence-corrected chi connectivity index (χ0v) is 11.9. The fourth-order valence-electron chi connectivity index (χ4n) is 1.40. The van der Waals surface area contributed by atoms with Crippen LogP contribution in [0.25, 0.3) is 0 Å². The Hall–Kier alpha value is -0.570. The molecule has 16 heavy (non-hydrogen) atoms. The van der Waals surface area contributed by atoms with E-state index >= 15 is 0 Å². The molecule has 0 aromatic heterocycles. The first-order chi connectivity index (χ1) is 7.15. The first kappa shape index (κ1) is 15.4. The molecule has 0 saturated carbocycles. The van der Waals surface area contributed by atoms with E-state index < -0.39 is 0 Å². The number of nitrogens with one attached hydrogen (secondary N) is 1. The fourth-order valence-corrected chi connectivity index (χ4v) is 1.40. The summed E-state index contributed by atoms with van der Waals surface area (Å²) in [7, 11) is 1.89. The third-order valence-corrected chi connectivity index (χ3v) is 2.96. The second-order valence-corrected chi connectivity index (χ2v) is 5.92. The molecule has 3 heteroatoms. The van der Waals surface area contributed by atoms with Gasteiger partial charge in [0.15, 0.2) is 0 Å². The molecule has 0 heterocycles. The van der Waals surface area contributed by atoms with Crippen LogP contribution in [0.15, 0.2) is 0 Å². The van der Waals surface area contributed by atoms with E-state index in [4.69, 9.17) is 0 Å². The summed E-state index contributed by atoms with van der Waals surface area (Å²) in [4.78, 5) is 13.7. The monoisotopic (exact) mass is 228 g/mol. The maximum absolute atomic E-state index is 11.9. The summed E-state index contributed by atoms with van der Waals surface area (Å²) >= 11 is 0. The molecule has 0 bridgehead atoms. The predicted molar refractivity (Wildman–Crippen MR) is 69.4 cm³/mol. The van der Waals surface area contributed by atoms with Gasteiger partial charge in [-0.3, -0.25) is 4.79 Å². The van der Waals surface area contributed by atoms with Gasteiger partial charge in [0.25, 0.3) is 0 Å². The zero-order chi connectivity index (χ0) is 12.9. The Kier molecular flexibility index (Phi) is 6.01. The highest BCUT2D eigenvalue weighted by Crippen LogP contribution is 2.09. The van der Waals surface area contributed by atoms with E-state index in [0.29, 0.717) is 18.4 Å². The molecule has 0 aliphatic rings. The van der Waals surface area contributed by atoms with E-state index in [2.05, 4.69) is 46.9 Å². The Balaban J connectivity index is 3.98. The number of hydrogen-bond acceptors (Lipinski definition) is 2. The lowest BCUT2D eigenvalue weighted by atomic mass is 10.0. The molecule has 0 aromatic rings. The normalized spacial score (nSPS) is 14.0. The van der Waals surface area contributed by atoms with Crippen LogP contribution in [0.4, 0.5) is 0 Å². The maximum Gasteiger partial charge on any atom is 0.223 e. The molecule has 96 valence electrons. The van der Waals surface area contributed by atoms with Crippen LogP contribution in [0, 0.1) is 5.92 Å². The van der Waals surface area contributed by atoms with Crippen LogP contribution in [-0.4, -0.2) is 36.0 Å². The van der Waals surface area contributed by atoms with E-state index in [0.717, 1.165) is 6.54 Å². The standard InChI is InChI=1S/C13H28N2O/c1-10(2)11(3)15(7)12(16)8-9-14-13(4,5)6/h10-11,14H,8-9H2,1-7H3. The minimum absolute atomic E-state index is 0.0858. The average molecular weight is 228 g/mol. The third-order valence-electron chi connectivity index (χ3n) is 2.96. The highest BCUT2D eigenvalue weighted by atomic mass is 16.2. The average Bonchev–Trinajstić information content (AvgIpc) is 2.13. The Bertz CT molecular complexity index is 218. The Morgan fingerprint density at radius 2 is 1.75 bits per heavy atom. The Labute approximate surface area is 101 Å². The SMILES string of the molecule is CC(C)C(C)N(C)C(=O)CCNC(C)(C)C. The minimum Gasteiger partial charge on any atom is -0.343 e. The van der Waals surface area contributed by atoms with Gasteiger partial charge in [0.05, 0.1) is 0 Å². The topological polar surface area (TPSA) is 32.3 Å². The van der Waals surface area contributed by atoms with Crippen LogP contribution in [0.3, 0.4) is 0 Å². The highest BCUT2D eigenvalue weighted by Gasteiger charge is 2.18. The summed E-state index contributed by atoms with van der Waals surface area (Å²) in [6.45, 7) is 13.5. The van der Waals surface area contributed by atoms with Gasteiger partial charge in [-0.15, -0.1) is 0 Å². The van der Waals surface area contributed by atoms with Gasteiger partial charge in [0, 0.05) is 31.6 Å². The quantitative estimate of drug-likeness (QED) is 0.783. The van der Waals surface area contributed by atoms with E-state index in [1.165, 1.54) is 0 Å². The van der Waals surface area contributed by atoms with Gasteiger partial charge in [-0.25, -0.2) is 0 Å². The van der Waals surface area contributed by atoms with Crippen LogP contribution in [-0.2, 0) is 4.79 Å². The van der Waals surface area contributed by atoms with Crippen molar-refractivity contribution in [2.75, 3.05) is 13.6 Å². The lowest BCUT2D eigenvalue weighted by Gasteiger charge is -2.28. The molecule has 1 amide bonds. The van der Waals surface area contributed by atoms with Gasteiger partial charge < -0.3 is 10.2 Å². The van der Waals surface area contributed by atoms with Crippen LogP contribution in [0.1, 0.15) is 48.0 Å².